The molecule has 30 heavy (non-hydrogen) atoms. The van der Waals surface area contributed by atoms with Gasteiger partial charge in [-0.3, -0.25) is 4.79 Å². The average Bonchev–Trinajstić information content (AvgIpc) is 3.04. The first-order valence-corrected chi connectivity index (χ1v) is 10.9. The first kappa shape index (κ1) is 19.2. The first-order chi connectivity index (χ1) is 14.6. The third-order valence-corrected chi connectivity index (χ3v) is 7.31. The molecule has 3 aliphatic rings. The number of ether oxygens (including phenoxy) is 1. The lowest BCUT2D eigenvalue weighted by atomic mass is 9.67. The van der Waals surface area contributed by atoms with E-state index in [-0.39, 0.29) is 29.9 Å². The van der Waals surface area contributed by atoms with Gasteiger partial charge in [0.1, 0.15) is 6.61 Å². The minimum Gasteiger partial charge on any atom is -0.481 e. The smallest absolute Gasteiger partial charge is 0.410 e. The summed E-state index contributed by atoms with van der Waals surface area (Å²) in [5.74, 6) is -0.535. The van der Waals surface area contributed by atoms with Gasteiger partial charge in [0.05, 0.1) is 0 Å². The second-order valence-corrected chi connectivity index (χ2v) is 8.99. The lowest BCUT2D eigenvalue weighted by Crippen LogP contribution is -2.60. The summed E-state index contributed by atoms with van der Waals surface area (Å²) in [5, 5.41) is 9.16. The van der Waals surface area contributed by atoms with Crippen LogP contribution in [0.1, 0.15) is 55.6 Å². The maximum Gasteiger partial charge on any atom is 0.410 e. The van der Waals surface area contributed by atoms with Gasteiger partial charge in [-0.2, -0.15) is 0 Å². The molecule has 5 heteroatoms. The summed E-state index contributed by atoms with van der Waals surface area (Å²) in [5.41, 5.74) is 4.68. The van der Waals surface area contributed by atoms with Crippen LogP contribution >= 0.6 is 0 Å². The zero-order valence-electron chi connectivity index (χ0n) is 17.0. The number of fused-ring (bicyclic) bond motifs is 3. The molecule has 156 valence electrons. The fourth-order valence-corrected chi connectivity index (χ4v) is 5.74. The molecule has 1 heterocycles. The lowest BCUT2D eigenvalue weighted by Gasteiger charge is -2.54. The second kappa shape index (κ2) is 7.46. The Morgan fingerprint density at radius 3 is 2.23 bits per heavy atom. The van der Waals surface area contributed by atoms with E-state index in [1.54, 1.807) is 0 Å². The number of carbonyl (C=O) groups excluding carboxylic acids is 1. The van der Waals surface area contributed by atoms with Crippen LogP contribution in [0.4, 0.5) is 4.79 Å². The molecule has 5 nitrogen and oxygen atoms in total. The highest BCUT2D eigenvalue weighted by molar-refractivity contribution is 5.79. The molecule has 2 aromatic carbocycles. The average molecular weight is 405 g/mol. The van der Waals surface area contributed by atoms with E-state index >= 15 is 0 Å². The molecule has 1 saturated heterocycles. The molecule has 1 spiro atoms. The summed E-state index contributed by atoms with van der Waals surface area (Å²) in [6.45, 7) is 0.923. The normalized spacial score (nSPS) is 21.6. The number of carboxylic acid groups (broad SMARTS) is 1. The molecule has 0 aromatic heterocycles. The monoisotopic (exact) mass is 405 g/mol. The van der Waals surface area contributed by atoms with Gasteiger partial charge >= 0.3 is 12.1 Å². The maximum absolute atomic E-state index is 13.1. The Morgan fingerprint density at radius 2 is 1.67 bits per heavy atom. The molecule has 2 fully saturated rings. The van der Waals surface area contributed by atoms with E-state index in [9.17, 15) is 9.59 Å². The van der Waals surface area contributed by atoms with Crippen LogP contribution in [0.25, 0.3) is 11.1 Å². The molecule has 5 rings (SSSR count). The lowest BCUT2D eigenvalue weighted by molar-refractivity contribution is -0.139. The van der Waals surface area contributed by atoms with Gasteiger partial charge in [-0.1, -0.05) is 48.5 Å². The van der Waals surface area contributed by atoms with Crippen molar-refractivity contribution in [3.05, 3.63) is 59.7 Å². The van der Waals surface area contributed by atoms with Gasteiger partial charge in [0.2, 0.25) is 0 Å². The van der Waals surface area contributed by atoms with Gasteiger partial charge in [0, 0.05) is 24.4 Å². The number of hydrogen-bond donors (Lipinski definition) is 1. The molecular formula is C25H27NO4. The standard InChI is InChI=1S/C25H27NO4/c27-23(28)14-17-10-13-26(25(15-17)11-5-12-25)24(29)30-16-22-20-8-3-1-6-18(20)19-7-2-4-9-21(19)22/h1-4,6-9,17,22H,5,10-16H2,(H,27,28). The summed E-state index contributed by atoms with van der Waals surface area (Å²) in [7, 11) is 0. The van der Waals surface area contributed by atoms with E-state index in [0.29, 0.717) is 13.2 Å². The zero-order valence-corrected chi connectivity index (χ0v) is 17.0. The Balaban J connectivity index is 1.30. The number of carbonyl (C=O) groups is 2. The van der Waals surface area contributed by atoms with Crippen LogP contribution in [-0.2, 0) is 9.53 Å². The molecule has 2 aromatic rings. The summed E-state index contributed by atoms with van der Waals surface area (Å²) >= 11 is 0. The first-order valence-electron chi connectivity index (χ1n) is 10.9. The van der Waals surface area contributed by atoms with E-state index in [1.165, 1.54) is 22.3 Å². The number of hydrogen-bond acceptors (Lipinski definition) is 3. The Labute approximate surface area is 176 Å². The number of benzene rings is 2. The molecule has 2 aliphatic carbocycles. The van der Waals surface area contributed by atoms with E-state index in [0.717, 1.165) is 32.1 Å². The Morgan fingerprint density at radius 1 is 1.03 bits per heavy atom. The fourth-order valence-electron chi connectivity index (χ4n) is 5.74. The van der Waals surface area contributed by atoms with Gasteiger partial charge in [-0.15, -0.1) is 0 Å². The third-order valence-electron chi connectivity index (χ3n) is 7.31. The van der Waals surface area contributed by atoms with Gasteiger partial charge in [-0.25, -0.2) is 4.79 Å². The Bertz CT molecular complexity index is 935. The predicted octanol–water partition coefficient (Wildman–Crippen LogP) is 5.04. The van der Waals surface area contributed by atoms with E-state index < -0.39 is 5.97 Å². The minimum absolute atomic E-state index is 0.0586. The van der Waals surface area contributed by atoms with E-state index in [4.69, 9.17) is 9.84 Å². The van der Waals surface area contributed by atoms with E-state index in [1.807, 2.05) is 29.2 Å². The van der Waals surface area contributed by atoms with Crippen LogP contribution in [0.5, 0.6) is 0 Å². The summed E-state index contributed by atoms with van der Waals surface area (Å²) in [6, 6.07) is 16.7. The van der Waals surface area contributed by atoms with Crippen molar-refractivity contribution in [1.29, 1.82) is 0 Å². The van der Waals surface area contributed by atoms with Crippen LogP contribution < -0.4 is 0 Å². The number of piperidine rings is 1. The van der Waals surface area contributed by atoms with Crippen LogP contribution in [-0.4, -0.2) is 40.8 Å². The number of likely N-dealkylation sites (tertiary alicyclic amines) is 1. The van der Waals surface area contributed by atoms with Crippen molar-refractivity contribution in [2.75, 3.05) is 13.2 Å². The minimum atomic E-state index is -0.746. The number of carboxylic acids is 1. The van der Waals surface area contributed by atoms with Gasteiger partial charge in [0.25, 0.3) is 0 Å². The fraction of sp³-hybridized carbons (Fsp3) is 0.440. The summed E-state index contributed by atoms with van der Waals surface area (Å²) < 4.78 is 5.90. The van der Waals surface area contributed by atoms with Crippen molar-refractivity contribution in [3.8, 4) is 11.1 Å². The van der Waals surface area contributed by atoms with Crippen molar-refractivity contribution in [2.24, 2.45) is 5.92 Å². The van der Waals surface area contributed by atoms with Crippen LogP contribution in [0.2, 0.25) is 0 Å². The molecule has 0 radical (unpaired) electrons. The van der Waals surface area contributed by atoms with Crippen LogP contribution in [0.15, 0.2) is 48.5 Å². The summed E-state index contributed by atoms with van der Waals surface area (Å²) in [6.07, 6.45) is 4.46. The molecule has 1 aliphatic heterocycles. The van der Waals surface area contributed by atoms with Gasteiger partial charge in [-0.05, 0) is 60.3 Å². The topological polar surface area (TPSA) is 66.8 Å². The second-order valence-electron chi connectivity index (χ2n) is 8.99. The SMILES string of the molecule is O=C(O)CC1CCN(C(=O)OCC2c3ccccc3-c3ccccc32)C2(CCC2)C1. The molecule has 0 bridgehead atoms. The van der Waals surface area contributed by atoms with Gasteiger partial charge < -0.3 is 14.7 Å². The summed E-state index contributed by atoms with van der Waals surface area (Å²) in [4.78, 5) is 26.2. The van der Waals surface area contributed by atoms with Gasteiger partial charge in [0.15, 0.2) is 0 Å². The number of aliphatic carboxylic acids is 1. The highest BCUT2D eigenvalue weighted by Gasteiger charge is 2.49. The highest BCUT2D eigenvalue weighted by Crippen LogP contribution is 2.48. The van der Waals surface area contributed by atoms with Crippen molar-refractivity contribution in [3.63, 3.8) is 0 Å². The predicted molar refractivity (Wildman–Crippen MR) is 113 cm³/mol. The van der Waals surface area contributed by atoms with Crippen molar-refractivity contribution >= 4 is 12.1 Å². The number of rotatable bonds is 4. The van der Waals surface area contributed by atoms with Crippen LogP contribution in [0.3, 0.4) is 0 Å². The largest absolute Gasteiger partial charge is 0.481 e. The molecule has 1 N–H and O–H groups in total. The molecule has 1 unspecified atom stereocenters. The molecule has 1 atom stereocenters. The Hall–Kier alpha value is -2.82. The van der Waals surface area contributed by atoms with Crippen molar-refractivity contribution in [2.45, 2.75) is 50.0 Å². The Kier molecular flexibility index (Phi) is 4.76. The van der Waals surface area contributed by atoms with Crippen molar-refractivity contribution in [1.82, 2.24) is 4.90 Å². The maximum atomic E-state index is 13.1. The number of amides is 1. The highest BCUT2D eigenvalue weighted by atomic mass is 16.6. The van der Waals surface area contributed by atoms with Crippen molar-refractivity contribution < 1.29 is 19.4 Å². The third kappa shape index (κ3) is 3.17. The number of nitrogens with zero attached hydrogens (tertiary/aromatic N) is 1. The molecule has 1 amide bonds. The van der Waals surface area contributed by atoms with E-state index in [2.05, 4.69) is 24.3 Å². The van der Waals surface area contributed by atoms with Crippen LogP contribution in [0, 0.1) is 5.92 Å². The molecule has 1 saturated carbocycles. The molecular weight excluding hydrogens is 378 g/mol. The quantitative estimate of drug-likeness (QED) is 0.773. The zero-order chi connectivity index (χ0) is 20.7.